The molecule has 88 valence electrons. The van der Waals surface area contributed by atoms with Gasteiger partial charge >= 0.3 is 5.69 Å². The van der Waals surface area contributed by atoms with E-state index < -0.39 is 0 Å². The molecule has 1 aliphatic carbocycles. The van der Waals surface area contributed by atoms with Crippen LogP contribution in [0.25, 0.3) is 0 Å². The second-order valence-electron chi connectivity index (χ2n) is 3.93. The number of aromatic amines is 1. The highest BCUT2D eigenvalue weighted by molar-refractivity contribution is 7.99. The lowest BCUT2D eigenvalue weighted by atomic mass is 10.4. The van der Waals surface area contributed by atoms with Crippen LogP contribution < -0.4 is 11.4 Å². The summed E-state index contributed by atoms with van der Waals surface area (Å²) in [4.78, 5) is 16.4. The minimum absolute atomic E-state index is 0.150. The maximum atomic E-state index is 11.6. The average Bonchev–Trinajstić information content (AvgIpc) is 3.08. The fraction of sp³-hybridized carbons (Fsp3) is 0.300. The van der Waals surface area contributed by atoms with Crippen molar-refractivity contribution in [3.05, 3.63) is 28.9 Å². The number of pyridine rings is 1. The van der Waals surface area contributed by atoms with E-state index in [-0.39, 0.29) is 5.69 Å². The molecule has 0 atom stereocenters. The molecule has 2 aromatic heterocycles. The number of rotatable bonds is 3. The van der Waals surface area contributed by atoms with Crippen LogP contribution in [-0.2, 0) is 0 Å². The summed E-state index contributed by atoms with van der Waals surface area (Å²) in [5.41, 5.74) is 6.25. The van der Waals surface area contributed by atoms with Gasteiger partial charge in [0, 0.05) is 17.1 Å². The van der Waals surface area contributed by atoms with Crippen LogP contribution in [0.1, 0.15) is 18.9 Å². The summed E-state index contributed by atoms with van der Waals surface area (Å²) in [5.74, 6) is 0. The zero-order valence-electron chi connectivity index (χ0n) is 8.96. The Balaban J connectivity index is 1.96. The lowest BCUT2D eigenvalue weighted by molar-refractivity contribution is 0.642. The fourth-order valence-electron chi connectivity index (χ4n) is 1.60. The van der Waals surface area contributed by atoms with E-state index in [1.807, 2.05) is 6.07 Å². The molecule has 1 aliphatic rings. The molecule has 0 bridgehead atoms. The Morgan fingerprint density at radius 1 is 1.53 bits per heavy atom. The van der Waals surface area contributed by atoms with E-state index in [4.69, 9.17) is 5.73 Å². The van der Waals surface area contributed by atoms with E-state index in [1.54, 1.807) is 17.0 Å². The normalized spacial score (nSPS) is 15.1. The van der Waals surface area contributed by atoms with Gasteiger partial charge in [-0.15, -0.1) is 5.10 Å². The van der Waals surface area contributed by atoms with E-state index in [1.165, 1.54) is 11.8 Å². The van der Waals surface area contributed by atoms with Crippen LogP contribution in [0.3, 0.4) is 0 Å². The molecule has 2 aromatic rings. The summed E-state index contributed by atoms with van der Waals surface area (Å²) >= 11 is 1.39. The summed E-state index contributed by atoms with van der Waals surface area (Å²) in [7, 11) is 0. The third-order valence-electron chi connectivity index (χ3n) is 2.60. The maximum Gasteiger partial charge on any atom is 0.344 e. The van der Waals surface area contributed by atoms with Crippen LogP contribution in [0.5, 0.6) is 0 Å². The SMILES string of the molecule is Nc1cnccc1Sc1n[nH]c(=O)n1C1CC1. The van der Waals surface area contributed by atoms with Crippen LogP contribution in [-0.4, -0.2) is 19.7 Å². The molecule has 3 N–H and O–H groups in total. The van der Waals surface area contributed by atoms with Gasteiger partial charge in [0.05, 0.1) is 11.9 Å². The third kappa shape index (κ3) is 1.93. The van der Waals surface area contributed by atoms with Crippen LogP contribution in [0.15, 0.2) is 33.3 Å². The largest absolute Gasteiger partial charge is 0.397 e. The quantitative estimate of drug-likeness (QED) is 0.848. The molecule has 0 aromatic carbocycles. The number of hydrogen-bond donors (Lipinski definition) is 2. The van der Waals surface area contributed by atoms with Gasteiger partial charge in [-0.2, -0.15) is 0 Å². The molecule has 0 saturated heterocycles. The summed E-state index contributed by atoms with van der Waals surface area (Å²) < 4.78 is 1.70. The summed E-state index contributed by atoms with van der Waals surface area (Å²) in [5, 5.41) is 7.17. The van der Waals surface area contributed by atoms with Gasteiger partial charge < -0.3 is 5.73 Å². The number of hydrogen-bond acceptors (Lipinski definition) is 5. The summed E-state index contributed by atoms with van der Waals surface area (Å²) in [6.45, 7) is 0. The van der Waals surface area contributed by atoms with Crippen molar-refractivity contribution in [1.82, 2.24) is 19.7 Å². The Bertz CT molecular complexity index is 601. The van der Waals surface area contributed by atoms with Gasteiger partial charge in [0.25, 0.3) is 0 Å². The predicted molar refractivity (Wildman–Crippen MR) is 63.9 cm³/mol. The molecule has 0 spiro atoms. The van der Waals surface area contributed by atoms with Crippen molar-refractivity contribution < 1.29 is 0 Å². The van der Waals surface area contributed by atoms with Gasteiger partial charge in [-0.3, -0.25) is 9.55 Å². The van der Waals surface area contributed by atoms with Crippen LogP contribution in [0, 0.1) is 0 Å². The van der Waals surface area contributed by atoms with E-state index in [0.29, 0.717) is 16.9 Å². The smallest absolute Gasteiger partial charge is 0.344 e. The molecule has 17 heavy (non-hydrogen) atoms. The van der Waals surface area contributed by atoms with Crippen molar-refractivity contribution in [3.8, 4) is 0 Å². The molecule has 7 heteroatoms. The number of nitrogen functional groups attached to an aromatic ring is 1. The topological polar surface area (TPSA) is 89.6 Å². The first-order chi connectivity index (χ1) is 8.25. The van der Waals surface area contributed by atoms with Crippen molar-refractivity contribution in [1.29, 1.82) is 0 Å². The number of nitrogens with two attached hydrogens (primary N) is 1. The third-order valence-corrected chi connectivity index (χ3v) is 3.66. The van der Waals surface area contributed by atoms with Gasteiger partial charge in [0.2, 0.25) is 0 Å². The van der Waals surface area contributed by atoms with Crippen LogP contribution in [0.2, 0.25) is 0 Å². The first-order valence-corrected chi connectivity index (χ1v) is 6.11. The molecular formula is C10H11N5OS. The zero-order valence-corrected chi connectivity index (χ0v) is 9.78. The number of anilines is 1. The maximum absolute atomic E-state index is 11.6. The van der Waals surface area contributed by atoms with Crippen LogP contribution >= 0.6 is 11.8 Å². The van der Waals surface area contributed by atoms with Gasteiger partial charge in [0.1, 0.15) is 0 Å². The molecule has 0 radical (unpaired) electrons. The van der Waals surface area contributed by atoms with Crippen molar-refractivity contribution in [2.45, 2.75) is 28.9 Å². The van der Waals surface area contributed by atoms with Gasteiger partial charge in [-0.25, -0.2) is 9.89 Å². The molecular weight excluding hydrogens is 238 g/mol. The Hall–Kier alpha value is -1.76. The highest BCUT2D eigenvalue weighted by atomic mass is 32.2. The van der Waals surface area contributed by atoms with E-state index >= 15 is 0 Å². The zero-order chi connectivity index (χ0) is 11.8. The van der Waals surface area contributed by atoms with Crippen molar-refractivity contribution in [2.24, 2.45) is 0 Å². The molecule has 0 unspecified atom stereocenters. The minimum atomic E-state index is -0.150. The second kappa shape index (κ2) is 3.92. The summed E-state index contributed by atoms with van der Waals surface area (Å²) in [6.07, 6.45) is 5.34. The number of nitrogens with zero attached hydrogens (tertiary/aromatic N) is 3. The lowest BCUT2D eigenvalue weighted by Gasteiger charge is -2.04. The predicted octanol–water partition coefficient (Wildman–Crippen LogP) is 1.03. The monoisotopic (exact) mass is 249 g/mol. The Morgan fingerprint density at radius 3 is 3.06 bits per heavy atom. The molecule has 1 saturated carbocycles. The molecule has 0 amide bonds. The first-order valence-electron chi connectivity index (χ1n) is 5.30. The fourth-order valence-corrected chi connectivity index (χ4v) is 2.52. The van der Waals surface area contributed by atoms with Crippen LogP contribution in [0.4, 0.5) is 5.69 Å². The Morgan fingerprint density at radius 2 is 2.35 bits per heavy atom. The van der Waals surface area contributed by atoms with E-state index in [9.17, 15) is 4.79 Å². The highest BCUT2D eigenvalue weighted by Gasteiger charge is 2.28. The molecule has 1 fully saturated rings. The molecule has 2 heterocycles. The van der Waals surface area contributed by atoms with Gasteiger partial charge in [0.15, 0.2) is 5.16 Å². The average molecular weight is 249 g/mol. The number of nitrogens with one attached hydrogen (secondary N) is 1. The Kier molecular flexibility index (Phi) is 2.40. The first kappa shape index (κ1) is 10.4. The van der Waals surface area contributed by atoms with Crippen molar-refractivity contribution >= 4 is 17.4 Å². The second-order valence-corrected chi connectivity index (χ2v) is 4.94. The van der Waals surface area contributed by atoms with E-state index in [2.05, 4.69) is 15.2 Å². The van der Waals surface area contributed by atoms with Gasteiger partial charge in [-0.1, -0.05) is 0 Å². The van der Waals surface area contributed by atoms with E-state index in [0.717, 1.165) is 17.7 Å². The molecule has 6 nitrogen and oxygen atoms in total. The highest BCUT2D eigenvalue weighted by Crippen LogP contribution is 2.38. The van der Waals surface area contributed by atoms with Crippen molar-refractivity contribution in [2.75, 3.05) is 5.73 Å². The molecule has 0 aliphatic heterocycles. The lowest BCUT2D eigenvalue weighted by Crippen LogP contribution is -2.16. The van der Waals surface area contributed by atoms with Crippen molar-refractivity contribution in [3.63, 3.8) is 0 Å². The number of aromatic nitrogens is 4. The standard InChI is InChI=1S/C10H11N5OS/c11-7-5-12-4-3-8(7)17-10-14-13-9(16)15(10)6-1-2-6/h3-6H,1-2,11H2,(H,13,16). The Labute approximate surface area is 101 Å². The summed E-state index contributed by atoms with van der Waals surface area (Å²) in [6, 6.07) is 2.11. The number of H-pyrrole nitrogens is 1. The minimum Gasteiger partial charge on any atom is -0.397 e. The molecule has 3 rings (SSSR count). The van der Waals surface area contributed by atoms with Gasteiger partial charge in [-0.05, 0) is 30.7 Å².